The fourth-order valence-electron chi connectivity index (χ4n) is 4.18. The molecular weight excluding hydrogens is 1630 g/mol. The topological polar surface area (TPSA) is 1340 Å². The number of aromatic hydroxyl groups is 2. The average Bonchev–Trinajstić information content (AvgIpc) is 4.19. The third-order valence-corrected chi connectivity index (χ3v) is 7.12. The molecule has 0 saturated carbocycles. The summed E-state index contributed by atoms with van der Waals surface area (Å²) in [5.41, 5.74) is -0.908. The number of tetrazole rings is 4. The smallest absolute Gasteiger partial charge is 0.872 e. The summed E-state index contributed by atoms with van der Waals surface area (Å²) in [6, 6.07) is 14.2. The number of nitrogens with zero attached hydrogens (tertiary/aromatic N) is 20. The number of aromatic nitrogens is 16. The minimum atomic E-state index is -1.56. The van der Waals surface area contributed by atoms with Gasteiger partial charge in [-0.2, -0.15) is 20.9 Å². The average molecular weight is 1710 g/mol. The molecule has 8 rings (SSSR count). The van der Waals surface area contributed by atoms with Gasteiger partial charge in [-0.3, -0.25) is 0 Å². The Labute approximate surface area is 574 Å². The SMILES string of the molecule is O.O.O.O.O.O.O.O.O.O.O.O.O=C([O-])c1cc(N=Nc2nn[nH]n2)ccc1O.O=C([O-])c1cc(N=Nc2nn[nH]n2)ccc1O.O=C([O-])c1cc(N=Nc2nn[nH]n2)ccc1[O-].O=C([O-])c1cc(N=Nc2nn[nH]n2)ccc1[O-].[Er+3].[Er+3].[OH3+].[OH3+].[OH3+].[OH3+].[OH3+].[OH3+].[OH3+].[OH3+].[OH3+].[OH3+].[OH3+].[OH3+]. The maximum Gasteiger partial charge on any atom is 3.00 e. The third kappa shape index (κ3) is 48.0. The molecule has 62 heteroatoms. The first-order valence-corrected chi connectivity index (χ1v) is 17.4. The zero-order valence-electron chi connectivity index (χ0n) is 46.4. The quantitative estimate of drug-likeness (QED) is 0.0489. The first kappa shape index (κ1) is 151. The predicted molar refractivity (Wildman–Crippen MR) is 301 cm³/mol. The van der Waals surface area contributed by atoms with Gasteiger partial charge < -0.3 is 191 Å². The number of aromatic amines is 4. The van der Waals surface area contributed by atoms with Gasteiger partial charge in [-0.25, -0.2) is 0 Å². The number of carbonyl (C=O) groups excluding carboxylic acids is 4. The Morgan fingerprint density at radius 2 is 0.489 bits per heavy atom. The molecule has 0 saturated heterocycles. The van der Waals surface area contributed by atoms with Crippen LogP contribution < -0.4 is 30.6 Å². The maximum absolute atomic E-state index is 11.1. The molecule has 2 radical (unpaired) electrons. The molecule has 0 unspecified atom stereocenters. The van der Waals surface area contributed by atoms with Crippen LogP contribution in [-0.2, 0) is 65.7 Å². The number of H-pyrrole nitrogens is 4. The summed E-state index contributed by atoms with van der Waals surface area (Å²) in [5, 5.41) is 162. The molecule has 4 heterocycles. The van der Waals surface area contributed by atoms with E-state index in [1.54, 1.807) is 0 Å². The van der Waals surface area contributed by atoms with Crippen molar-refractivity contribution >= 4 is 70.4 Å². The number of phenols is 2. The number of rotatable bonds is 12. The molecule has 94 heavy (non-hydrogen) atoms. The fourth-order valence-corrected chi connectivity index (χ4v) is 4.18. The van der Waals surface area contributed by atoms with Crippen molar-refractivity contribution in [2.24, 2.45) is 40.9 Å². The van der Waals surface area contributed by atoms with Crippen molar-refractivity contribution in [1.82, 2.24) is 82.5 Å². The minimum absolute atomic E-state index is 0. The van der Waals surface area contributed by atoms with Crippen LogP contribution in [0.4, 0.5) is 46.5 Å². The summed E-state index contributed by atoms with van der Waals surface area (Å²) in [4.78, 5) is 42.4. The molecule has 4 aromatic carbocycles. The van der Waals surface area contributed by atoms with Crippen LogP contribution in [0.5, 0.6) is 23.0 Å². The molecule has 554 valence electrons. The van der Waals surface area contributed by atoms with Gasteiger partial charge in [-0.1, -0.05) is 44.0 Å². The van der Waals surface area contributed by atoms with Gasteiger partial charge >= 0.3 is 98.4 Å². The molecule has 0 aliphatic heterocycles. The monoisotopic (exact) mass is 1710 g/mol. The number of azo groups is 4. The van der Waals surface area contributed by atoms with Crippen LogP contribution in [0, 0.1) is 74.6 Å². The van der Waals surface area contributed by atoms with E-state index in [9.17, 15) is 60.0 Å². The summed E-state index contributed by atoms with van der Waals surface area (Å²) in [5.74, 6) is -8.23. The van der Waals surface area contributed by atoms with Crippen molar-refractivity contribution in [3.63, 3.8) is 0 Å². The third-order valence-electron chi connectivity index (χ3n) is 7.12. The molecule has 60 nitrogen and oxygen atoms in total. The molecule has 0 aliphatic carbocycles. The first-order valence-electron chi connectivity index (χ1n) is 17.4. The van der Waals surface area contributed by atoms with Crippen molar-refractivity contribution in [3.05, 3.63) is 95.1 Å². The number of nitrogens with one attached hydrogen (secondary N) is 4. The molecule has 66 N–H and O–H groups in total. The predicted octanol–water partition coefficient (Wildman–Crippen LogP) is -23.5. The molecule has 0 bridgehead atoms. The van der Waals surface area contributed by atoms with E-state index in [0.29, 0.717) is 0 Å². The molecule has 0 spiro atoms. The zero-order valence-corrected chi connectivity index (χ0v) is 50.1. The Bertz CT molecular complexity index is 2730. The Kier molecular flexibility index (Phi) is 121. The molecule has 0 amide bonds. The summed E-state index contributed by atoms with van der Waals surface area (Å²) in [6.45, 7) is 0. The van der Waals surface area contributed by atoms with Gasteiger partial charge in [-0.15, -0.1) is 61.3 Å². The van der Waals surface area contributed by atoms with Gasteiger partial charge in [0.1, 0.15) is 11.5 Å². The Morgan fingerprint density at radius 1 is 0.309 bits per heavy atom. The van der Waals surface area contributed by atoms with E-state index >= 15 is 0 Å². The second-order valence-corrected chi connectivity index (χ2v) is 11.6. The largest absolute Gasteiger partial charge is 3.00 e. The number of hydrogen-bond donors (Lipinski definition) is 6. The molecule has 0 aliphatic rings. The zero-order chi connectivity index (χ0) is 49.0. The number of benzene rings is 4. The van der Waals surface area contributed by atoms with E-state index in [4.69, 9.17) is 0 Å². The number of aromatic carboxylic acids is 4. The van der Waals surface area contributed by atoms with Crippen LogP contribution >= 0.6 is 0 Å². The minimum Gasteiger partial charge on any atom is -0.872 e. The summed E-state index contributed by atoms with van der Waals surface area (Å²) in [7, 11) is 0. The van der Waals surface area contributed by atoms with Crippen LogP contribution in [0.25, 0.3) is 0 Å². The fraction of sp³-hybridized carbons (Fsp3) is 0. The van der Waals surface area contributed by atoms with Crippen molar-refractivity contribution in [3.8, 4) is 23.0 Å². The molecular formula is C32H78Er2N24O36+12. The van der Waals surface area contributed by atoms with E-state index in [0.717, 1.165) is 36.4 Å². The van der Waals surface area contributed by atoms with Crippen molar-refractivity contribution in [2.75, 3.05) is 0 Å². The van der Waals surface area contributed by atoms with Crippen LogP contribution in [0.15, 0.2) is 114 Å². The van der Waals surface area contributed by atoms with Gasteiger partial charge in [0.25, 0.3) is 0 Å². The van der Waals surface area contributed by atoms with Gasteiger partial charge in [0.05, 0.1) is 46.6 Å². The normalized spacial score (nSPS) is 7.83. The second kappa shape index (κ2) is 75.6. The molecule has 0 fully saturated rings. The van der Waals surface area contributed by atoms with E-state index in [-0.39, 0.29) is 264 Å². The molecule has 0 atom stereocenters. The summed E-state index contributed by atoms with van der Waals surface area (Å²) >= 11 is 0. The Morgan fingerprint density at radius 3 is 0.660 bits per heavy atom. The molecule has 4 aromatic heterocycles. The molecule has 8 aromatic rings. The van der Waals surface area contributed by atoms with Crippen LogP contribution in [0.2, 0.25) is 0 Å². The van der Waals surface area contributed by atoms with E-state index in [2.05, 4.69) is 123 Å². The van der Waals surface area contributed by atoms with Gasteiger partial charge in [0.15, 0.2) is 0 Å². The van der Waals surface area contributed by atoms with E-state index < -0.39 is 58.0 Å². The number of hydrogen-bond acceptors (Lipinski definition) is 32. The Balaban J connectivity index is -0.0000000337. The first-order chi connectivity index (χ1) is 32.7. The van der Waals surface area contributed by atoms with Crippen molar-refractivity contribution in [1.29, 1.82) is 0 Å². The van der Waals surface area contributed by atoms with Gasteiger partial charge in [-0.05, 0) is 92.6 Å². The Hall–Kier alpha value is -9.83. The van der Waals surface area contributed by atoms with Crippen LogP contribution in [0.1, 0.15) is 41.4 Å². The number of carbonyl (C=O) groups is 4. The van der Waals surface area contributed by atoms with E-state index in [1.165, 1.54) is 36.4 Å². The second-order valence-electron chi connectivity index (χ2n) is 11.6. The van der Waals surface area contributed by atoms with Crippen molar-refractivity contribution in [2.45, 2.75) is 0 Å². The number of carboxylic acids is 4. The summed E-state index contributed by atoms with van der Waals surface area (Å²) < 4.78 is 0. The van der Waals surface area contributed by atoms with Gasteiger partial charge in [0, 0.05) is 11.1 Å². The summed E-state index contributed by atoms with van der Waals surface area (Å²) in [6.07, 6.45) is 0. The maximum atomic E-state index is 11.1. The van der Waals surface area contributed by atoms with Crippen LogP contribution in [0.3, 0.4) is 0 Å². The van der Waals surface area contributed by atoms with Crippen molar-refractivity contribution < 1.29 is 266 Å². The van der Waals surface area contributed by atoms with E-state index in [1.807, 2.05) is 0 Å². The van der Waals surface area contributed by atoms with Gasteiger partial charge in [0.2, 0.25) is 0 Å². The number of carboxylic acid groups (broad SMARTS) is 4. The standard InChI is InChI=1S/4C8H6N6O3.2Er.24H2O/c4*15-6-2-1-4(3-5(6)7(16)17)9-10-8-11-13-14-12-8;;;;;;;;;;;;;;;;;;;;;;;;;;/h4*1-3,15H,(H,16,17)(H,11,12,13,14);;;24*1H2/q;;;;2*+3;;;;;;;;;;;;;;;;;;;;;;;;/p+6. The van der Waals surface area contributed by atoms with Crippen LogP contribution in [-0.4, -0.2) is 182 Å².